The van der Waals surface area contributed by atoms with Gasteiger partial charge in [0.2, 0.25) is 0 Å². The van der Waals surface area contributed by atoms with Gasteiger partial charge in [0.15, 0.2) is 0 Å². The summed E-state index contributed by atoms with van der Waals surface area (Å²) in [4.78, 5) is 24.4. The van der Waals surface area contributed by atoms with E-state index >= 15 is 0 Å². The third-order valence-corrected chi connectivity index (χ3v) is 6.07. The second kappa shape index (κ2) is 5.71. The molecule has 4 heteroatoms. The summed E-state index contributed by atoms with van der Waals surface area (Å²) in [6, 6.07) is 0. The summed E-state index contributed by atoms with van der Waals surface area (Å²) in [6.45, 7) is 4.21. The number of hydrogen-bond donors (Lipinski definition) is 1. The molecule has 3 rings (SSSR count). The first-order valence-electron chi connectivity index (χ1n) is 8.58. The first-order valence-corrected chi connectivity index (χ1v) is 8.58. The standard InChI is InChI=1S/C18H26O4/c1-11(2)18(8-4-3-5-9-18)22-17(21)15-13-7-6-12(10-13)14(15)16(19)20/h6-7,11-15H,3-5,8-10H2,1-2H3,(H,19,20). The van der Waals surface area contributed by atoms with E-state index in [0.29, 0.717) is 0 Å². The zero-order valence-corrected chi connectivity index (χ0v) is 13.5. The van der Waals surface area contributed by atoms with Gasteiger partial charge in [0.25, 0.3) is 0 Å². The Kier molecular flexibility index (Phi) is 4.04. The van der Waals surface area contributed by atoms with E-state index in [1.807, 2.05) is 12.2 Å². The summed E-state index contributed by atoms with van der Waals surface area (Å²) in [5.74, 6) is -1.91. The minimum atomic E-state index is -0.860. The molecule has 0 spiro atoms. The molecule has 0 aromatic carbocycles. The molecule has 3 aliphatic carbocycles. The van der Waals surface area contributed by atoms with E-state index in [1.54, 1.807) is 0 Å². The Morgan fingerprint density at radius 2 is 1.68 bits per heavy atom. The Balaban J connectivity index is 1.78. The molecule has 0 radical (unpaired) electrons. The van der Waals surface area contributed by atoms with Crippen LogP contribution in [0.4, 0.5) is 0 Å². The normalized spacial score (nSPS) is 35.8. The predicted molar refractivity (Wildman–Crippen MR) is 82.1 cm³/mol. The fourth-order valence-corrected chi connectivity index (χ4v) is 4.70. The maximum Gasteiger partial charge on any atom is 0.310 e. The zero-order chi connectivity index (χ0) is 15.9. The Labute approximate surface area is 131 Å². The average Bonchev–Trinajstić information content (AvgIpc) is 3.08. The van der Waals surface area contributed by atoms with E-state index < -0.39 is 17.8 Å². The highest BCUT2D eigenvalue weighted by molar-refractivity contribution is 5.83. The molecule has 0 amide bonds. The number of rotatable bonds is 4. The molecule has 0 saturated heterocycles. The number of esters is 1. The van der Waals surface area contributed by atoms with Crippen LogP contribution >= 0.6 is 0 Å². The maximum atomic E-state index is 12.8. The van der Waals surface area contributed by atoms with Gasteiger partial charge in [-0.15, -0.1) is 0 Å². The van der Waals surface area contributed by atoms with Crippen LogP contribution in [-0.4, -0.2) is 22.6 Å². The van der Waals surface area contributed by atoms with Gasteiger partial charge in [0, 0.05) is 0 Å². The van der Waals surface area contributed by atoms with Crippen LogP contribution in [0.2, 0.25) is 0 Å². The van der Waals surface area contributed by atoms with Crippen molar-refractivity contribution >= 4 is 11.9 Å². The molecule has 22 heavy (non-hydrogen) atoms. The molecule has 2 saturated carbocycles. The van der Waals surface area contributed by atoms with Crippen LogP contribution in [0.5, 0.6) is 0 Å². The molecule has 4 unspecified atom stereocenters. The summed E-state index contributed by atoms with van der Waals surface area (Å²) in [5, 5.41) is 9.49. The summed E-state index contributed by atoms with van der Waals surface area (Å²) in [6.07, 6.45) is 9.95. The van der Waals surface area contributed by atoms with Gasteiger partial charge in [-0.05, 0) is 49.9 Å². The van der Waals surface area contributed by atoms with Gasteiger partial charge < -0.3 is 9.84 Å². The van der Waals surface area contributed by atoms with Crippen molar-refractivity contribution in [2.45, 2.75) is 58.0 Å². The Hall–Kier alpha value is -1.32. The number of carbonyl (C=O) groups excluding carboxylic acids is 1. The van der Waals surface area contributed by atoms with E-state index in [0.717, 1.165) is 32.1 Å². The largest absolute Gasteiger partial charge is 0.481 e. The smallest absolute Gasteiger partial charge is 0.310 e. The molecule has 0 heterocycles. The number of ether oxygens (including phenoxy) is 1. The predicted octanol–water partition coefficient (Wildman–Crippen LogP) is 3.41. The Morgan fingerprint density at radius 3 is 2.23 bits per heavy atom. The van der Waals surface area contributed by atoms with Crippen molar-refractivity contribution in [2.75, 3.05) is 0 Å². The van der Waals surface area contributed by atoms with Crippen LogP contribution < -0.4 is 0 Å². The maximum absolute atomic E-state index is 12.8. The average molecular weight is 306 g/mol. The third-order valence-electron chi connectivity index (χ3n) is 6.07. The molecule has 1 N–H and O–H groups in total. The summed E-state index contributed by atoms with van der Waals surface area (Å²) < 4.78 is 6.02. The van der Waals surface area contributed by atoms with Crippen LogP contribution in [0.15, 0.2) is 12.2 Å². The highest BCUT2D eigenvalue weighted by Crippen LogP contribution is 2.50. The first kappa shape index (κ1) is 15.6. The molecule has 2 bridgehead atoms. The van der Waals surface area contributed by atoms with Gasteiger partial charge in [-0.25, -0.2) is 0 Å². The van der Waals surface area contributed by atoms with Crippen molar-refractivity contribution in [3.8, 4) is 0 Å². The van der Waals surface area contributed by atoms with Crippen molar-refractivity contribution in [1.82, 2.24) is 0 Å². The first-order chi connectivity index (χ1) is 10.4. The van der Waals surface area contributed by atoms with Gasteiger partial charge in [0.05, 0.1) is 11.8 Å². The summed E-state index contributed by atoms with van der Waals surface area (Å²) in [5.41, 5.74) is -0.385. The van der Waals surface area contributed by atoms with Crippen LogP contribution in [0.25, 0.3) is 0 Å². The van der Waals surface area contributed by atoms with E-state index in [4.69, 9.17) is 4.74 Å². The molecule has 2 fully saturated rings. The molecule has 0 aromatic heterocycles. The molecule has 4 atom stereocenters. The number of allylic oxidation sites excluding steroid dienone is 2. The lowest BCUT2D eigenvalue weighted by Gasteiger charge is -2.41. The van der Waals surface area contributed by atoms with Crippen LogP contribution in [0.1, 0.15) is 52.4 Å². The number of fused-ring (bicyclic) bond motifs is 2. The molecule has 4 nitrogen and oxygen atoms in total. The van der Waals surface area contributed by atoms with Crippen molar-refractivity contribution in [1.29, 1.82) is 0 Å². The minimum absolute atomic E-state index is 0.00130. The van der Waals surface area contributed by atoms with Gasteiger partial charge in [0.1, 0.15) is 5.60 Å². The second-order valence-corrected chi connectivity index (χ2v) is 7.54. The van der Waals surface area contributed by atoms with Crippen molar-refractivity contribution in [2.24, 2.45) is 29.6 Å². The topological polar surface area (TPSA) is 63.6 Å². The number of aliphatic carboxylic acids is 1. The molecule has 3 aliphatic rings. The molecule has 0 aliphatic heterocycles. The fourth-order valence-electron chi connectivity index (χ4n) is 4.70. The van der Waals surface area contributed by atoms with Crippen LogP contribution in [0, 0.1) is 29.6 Å². The van der Waals surface area contributed by atoms with Crippen LogP contribution in [0.3, 0.4) is 0 Å². The Bertz CT molecular complexity index is 487. The van der Waals surface area contributed by atoms with E-state index in [9.17, 15) is 14.7 Å². The van der Waals surface area contributed by atoms with Gasteiger partial charge >= 0.3 is 11.9 Å². The van der Waals surface area contributed by atoms with E-state index in [2.05, 4.69) is 13.8 Å². The van der Waals surface area contributed by atoms with Gasteiger partial charge in [-0.1, -0.05) is 32.4 Å². The molecular weight excluding hydrogens is 280 g/mol. The van der Waals surface area contributed by atoms with E-state index in [-0.39, 0.29) is 29.3 Å². The van der Waals surface area contributed by atoms with E-state index in [1.165, 1.54) is 6.42 Å². The Morgan fingerprint density at radius 1 is 1.09 bits per heavy atom. The second-order valence-electron chi connectivity index (χ2n) is 7.54. The lowest BCUT2D eigenvalue weighted by molar-refractivity contribution is -0.180. The van der Waals surface area contributed by atoms with Crippen molar-refractivity contribution in [3.63, 3.8) is 0 Å². The zero-order valence-electron chi connectivity index (χ0n) is 13.5. The van der Waals surface area contributed by atoms with Crippen LogP contribution in [-0.2, 0) is 14.3 Å². The fraction of sp³-hybridized carbons (Fsp3) is 0.778. The van der Waals surface area contributed by atoms with Gasteiger partial charge in [-0.3, -0.25) is 9.59 Å². The highest BCUT2D eigenvalue weighted by atomic mass is 16.6. The lowest BCUT2D eigenvalue weighted by atomic mass is 9.76. The highest BCUT2D eigenvalue weighted by Gasteiger charge is 2.54. The minimum Gasteiger partial charge on any atom is -0.481 e. The molecular formula is C18H26O4. The van der Waals surface area contributed by atoms with Crippen molar-refractivity contribution in [3.05, 3.63) is 12.2 Å². The SMILES string of the molecule is CC(C)C1(OC(=O)C2C3C=CC(C3)C2C(=O)O)CCCCC1. The number of carbonyl (C=O) groups is 2. The third kappa shape index (κ3) is 2.46. The summed E-state index contributed by atoms with van der Waals surface area (Å²) >= 11 is 0. The molecule has 0 aromatic rings. The number of hydrogen-bond acceptors (Lipinski definition) is 3. The van der Waals surface area contributed by atoms with Crippen molar-refractivity contribution < 1.29 is 19.4 Å². The van der Waals surface area contributed by atoms with Gasteiger partial charge in [-0.2, -0.15) is 0 Å². The summed E-state index contributed by atoms with van der Waals surface area (Å²) in [7, 11) is 0. The number of carboxylic acid groups (broad SMARTS) is 1. The lowest BCUT2D eigenvalue weighted by Crippen LogP contribution is -2.45. The molecule has 122 valence electrons. The quantitative estimate of drug-likeness (QED) is 0.638. The number of carboxylic acids is 1. The monoisotopic (exact) mass is 306 g/mol.